The lowest BCUT2D eigenvalue weighted by atomic mass is 10.7. The Morgan fingerprint density at radius 1 is 1.67 bits per heavy atom. The number of halogens is 1. The fraction of sp³-hybridized carbons (Fsp3) is 0.333. The lowest BCUT2D eigenvalue weighted by Gasteiger charge is -2.04. The number of hydroxylamine groups is 2. The van der Waals surface area contributed by atoms with Crippen LogP contribution < -0.4 is 0 Å². The average molecular weight is 196 g/mol. The summed E-state index contributed by atoms with van der Waals surface area (Å²) in [6.45, 7) is 0. The molecule has 0 spiro atoms. The summed E-state index contributed by atoms with van der Waals surface area (Å²) in [5.74, 6) is -2.11. The fourth-order valence-corrected chi connectivity index (χ4v) is 0.730. The predicted molar refractivity (Wildman–Crippen MR) is 27.4 cm³/mol. The van der Waals surface area contributed by atoms with Crippen LogP contribution in [0.25, 0.3) is 0 Å². The fourth-order valence-electron chi connectivity index (χ4n) is 0.374. The Morgan fingerprint density at radius 2 is 2.22 bits per heavy atom. The number of esters is 1. The first kappa shape index (κ1) is 6.50. The van der Waals surface area contributed by atoms with Gasteiger partial charge in [0.05, 0.1) is 0 Å². The molecule has 1 unspecified atom stereocenters. The largest absolute Gasteiger partial charge is 0.422 e. The van der Waals surface area contributed by atoms with Crippen LogP contribution in [0.2, 0.25) is 0 Å². The van der Waals surface area contributed by atoms with E-state index >= 15 is 0 Å². The summed E-state index contributed by atoms with van der Waals surface area (Å²) in [6.07, 6.45) is 0. The molecule has 9 heavy (non-hydrogen) atoms. The van der Waals surface area contributed by atoms with Crippen molar-refractivity contribution in [2.45, 2.75) is 5.14 Å². The van der Waals surface area contributed by atoms with E-state index in [9.17, 15) is 9.59 Å². The van der Waals surface area contributed by atoms with E-state index in [1.54, 1.807) is 0 Å². The van der Waals surface area contributed by atoms with Crippen LogP contribution in [-0.4, -0.2) is 27.3 Å². The summed E-state index contributed by atoms with van der Waals surface area (Å²) in [6, 6.07) is 0. The van der Waals surface area contributed by atoms with Crippen molar-refractivity contribution in [2.24, 2.45) is 0 Å². The molecule has 1 rings (SSSR count). The second-order valence-electron chi connectivity index (χ2n) is 1.35. The number of hydrogen-bond acceptors (Lipinski definition) is 4. The van der Waals surface area contributed by atoms with Crippen molar-refractivity contribution in [3.05, 3.63) is 0 Å². The molecule has 1 saturated heterocycles. The maximum Gasteiger partial charge on any atom is 0.402 e. The molecule has 0 aliphatic carbocycles. The molecule has 1 heterocycles. The molecule has 1 N–H and O–H groups in total. The minimum atomic E-state index is -1.06. The number of carbonyl (C=O) groups is 2. The van der Waals surface area contributed by atoms with Crippen molar-refractivity contribution in [3.63, 3.8) is 0 Å². The van der Waals surface area contributed by atoms with E-state index in [1.807, 2.05) is 0 Å². The van der Waals surface area contributed by atoms with E-state index in [2.05, 4.69) is 20.7 Å². The highest BCUT2D eigenvalue weighted by atomic mass is 79.9. The van der Waals surface area contributed by atoms with E-state index in [4.69, 9.17) is 5.21 Å². The Kier molecular flexibility index (Phi) is 1.42. The van der Waals surface area contributed by atoms with Gasteiger partial charge in [-0.15, -0.1) is 0 Å². The van der Waals surface area contributed by atoms with E-state index in [0.717, 1.165) is 0 Å². The number of ether oxygens (including phenoxy) is 1. The smallest absolute Gasteiger partial charge is 0.402 e. The van der Waals surface area contributed by atoms with Gasteiger partial charge in [0.2, 0.25) is 0 Å². The summed E-state index contributed by atoms with van der Waals surface area (Å²) < 4.78 is 4.19. The summed E-state index contributed by atoms with van der Waals surface area (Å²) in [5, 5.41) is 7.67. The van der Waals surface area contributed by atoms with Crippen molar-refractivity contribution >= 4 is 27.8 Å². The molecule has 0 radical (unpaired) electrons. The van der Waals surface area contributed by atoms with Crippen LogP contribution in [0, 0.1) is 0 Å². The second kappa shape index (κ2) is 1.96. The first-order valence-corrected chi connectivity index (χ1v) is 2.91. The molecule has 1 aliphatic rings. The van der Waals surface area contributed by atoms with Crippen LogP contribution >= 0.6 is 15.9 Å². The molecular formula is C3H2BrNO4. The van der Waals surface area contributed by atoms with Gasteiger partial charge in [0, 0.05) is 0 Å². The van der Waals surface area contributed by atoms with Gasteiger partial charge in [-0.2, -0.15) is 5.06 Å². The zero-order valence-electron chi connectivity index (χ0n) is 4.07. The third-order valence-corrected chi connectivity index (χ3v) is 1.35. The molecule has 0 bridgehead atoms. The molecule has 0 aromatic heterocycles. The SMILES string of the molecule is O=C1OC(Br)N(O)C1=O. The molecule has 1 atom stereocenters. The Balaban J connectivity index is 2.77. The summed E-state index contributed by atoms with van der Waals surface area (Å²) in [4.78, 5) is 20.5. The highest BCUT2D eigenvalue weighted by molar-refractivity contribution is 9.09. The number of hydrogen-bond donors (Lipinski definition) is 1. The monoisotopic (exact) mass is 195 g/mol. The summed E-state index contributed by atoms with van der Waals surface area (Å²) >= 11 is 2.70. The third kappa shape index (κ3) is 0.903. The molecule has 0 saturated carbocycles. The molecule has 50 valence electrons. The van der Waals surface area contributed by atoms with Crippen molar-refractivity contribution in [1.82, 2.24) is 5.06 Å². The lowest BCUT2D eigenvalue weighted by molar-refractivity contribution is -0.163. The van der Waals surface area contributed by atoms with E-state index < -0.39 is 17.0 Å². The maximum atomic E-state index is 10.3. The Bertz CT molecular complexity index is 169. The van der Waals surface area contributed by atoms with Gasteiger partial charge in [-0.1, -0.05) is 0 Å². The zero-order chi connectivity index (χ0) is 7.02. The van der Waals surface area contributed by atoms with Gasteiger partial charge in [-0.3, -0.25) is 10.0 Å². The highest BCUT2D eigenvalue weighted by Gasteiger charge is 2.38. The predicted octanol–water partition coefficient (Wildman–Crippen LogP) is -0.560. The number of cyclic esters (lactones) is 1. The number of alkyl halides is 1. The van der Waals surface area contributed by atoms with Crippen LogP contribution in [-0.2, 0) is 14.3 Å². The van der Waals surface area contributed by atoms with Gasteiger partial charge in [0.25, 0.3) is 5.14 Å². The molecule has 1 aliphatic heterocycles. The first-order chi connectivity index (χ1) is 4.13. The van der Waals surface area contributed by atoms with Crippen molar-refractivity contribution in [2.75, 3.05) is 0 Å². The standard InChI is InChI=1S/C3H2BrNO4/c4-3-5(8)1(6)2(7)9-3/h3,8H. The topological polar surface area (TPSA) is 66.8 Å². The molecule has 1 fully saturated rings. The Hall–Kier alpha value is -0.620. The molecule has 0 aromatic rings. The summed E-state index contributed by atoms with van der Waals surface area (Å²) in [5.41, 5.74) is 0. The van der Waals surface area contributed by atoms with Gasteiger partial charge >= 0.3 is 11.9 Å². The number of carbonyl (C=O) groups excluding carboxylic acids is 2. The third-order valence-electron chi connectivity index (χ3n) is 0.779. The van der Waals surface area contributed by atoms with Gasteiger partial charge < -0.3 is 4.74 Å². The zero-order valence-corrected chi connectivity index (χ0v) is 5.66. The minimum absolute atomic E-state index is 0.169. The molecular weight excluding hydrogens is 194 g/mol. The van der Waals surface area contributed by atoms with Crippen molar-refractivity contribution in [1.29, 1.82) is 0 Å². The molecule has 0 aromatic carbocycles. The first-order valence-electron chi connectivity index (χ1n) is 2.00. The molecule has 6 heteroatoms. The lowest BCUT2D eigenvalue weighted by Crippen LogP contribution is -2.26. The van der Waals surface area contributed by atoms with E-state index in [0.29, 0.717) is 0 Å². The summed E-state index contributed by atoms with van der Waals surface area (Å²) in [7, 11) is 0. The number of nitrogens with zero attached hydrogens (tertiary/aromatic N) is 1. The van der Waals surface area contributed by atoms with Crippen molar-refractivity contribution < 1.29 is 19.5 Å². The maximum absolute atomic E-state index is 10.3. The normalized spacial score (nSPS) is 26.9. The van der Waals surface area contributed by atoms with Crippen LogP contribution in [0.5, 0.6) is 0 Å². The Morgan fingerprint density at radius 3 is 2.33 bits per heavy atom. The van der Waals surface area contributed by atoms with E-state index in [1.165, 1.54) is 0 Å². The van der Waals surface area contributed by atoms with Gasteiger partial charge in [-0.25, -0.2) is 4.79 Å². The number of rotatable bonds is 0. The van der Waals surface area contributed by atoms with E-state index in [-0.39, 0.29) is 5.06 Å². The minimum Gasteiger partial charge on any atom is -0.422 e. The van der Waals surface area contributed by atoms with Crippen LogP contribution in [0.3, 0.4) is 0 Å². The van der Waals surface area contributed by atoms with Gasteiger partial charge in [-0.05, 0) is 15.9 Å². The molecule has 5 nitrogen and oxygen atoms in total. The van der Waals surface area contributed by atoms with Gasteiger partial charge in [0.1, 0.15) is 0 Å². The molecule has 1 amide bonds. The van der Waals surface area contributed by atoms with Gasteiger partial charge in [0.15, 0.2) is 0 Å². The van der Waals surface area contributed by atoms with Crippen molar-refractivity contribution in [3.8, 4) is 0 Å². The number of amides is 1. The van der Waals surface area contributed by atoms with Crippen LogP contribution in [0.1, 0.15) is 0 Å². The Labute approximate surface area is 58.3 Å². The van der Waals surface area contributed by atoms with Crippen LogP contribution in [0.15, 0.2) is 0 Å². The quantitative estimate of drug-likeness (QED) is 0.185. The highest BCUT2D eigenvalue weighted by Crippen LogP contribution is 2.14. The second-order valence-corrected chi connectivity index (χ2v) is 2.13. The van der Waals surface area contributed by atoms with Crippen LogP contribution in [0.4, 0.5) is 0 Å². The average Bonchev–Trinajstić information content (AvgIpc) is 1.98.